The average molecular weight is 256 g/mol. The van der Waals surface area contributed by atoms with Crippen molar-refractivity contribution in [1.82, 2.24) is 10.2 Å². The van der Waals surface area contributed by atoms with Crippen molar-refractivity contribution in [3.63, 3.8) is 0 Å². The molecule has 2 N–H and O–H groups in total. The van der Waals surface area contributed by atoms with Gasteiger partial charge in [0.1, 0.15) is 5.54 Å². The monoisotopic (exact) mass is 256 g/mol. The van der Waals surface area contributed by atoms with Gasteiger partial charge in [-0.3, -0.25) is 15.0 Å². The fraction of sp³-hybridized carbons (Fsp3) is 0.923. The van der Waals surface area contributed by atoms with Crippen LogP contribution in [0.3, 0.4) is 0 Å². The van der Waals surface area contributed by atoms with Crippen molar-refractivity contribution in [2.75, 3.05) is 26.2 Å². The second kappa shape index (κ2) is 5.55. The molecule has 2 aliphatic rings. The summed E-state index contributed by atoms with van der Waals surface area (Å²) >= 11 is 0. The van der Waals surface area contributed by atoms with Crippen LogP contribution in [0, 0.1) is 0 Å². The number of aliphatic carboxylic acids is 1. The van der Waals surface area contributed by atoms with Crippen LogP contribution in [0.2, 0.25) is 0 Å². The summed E-state index contributed by atoms with van der Waals surface area (Å²) in [6, 6.07) is 0.412. The molecule has 2 rings (SSSR count). The third-order valence-electron chi connectivity index (χ3n) is 3.83. The SMILES string of the molecule is CC1CN(CCC(C)(NC2CC2)C(=O)O)CCO1. The summed E-state index contributed by atoms with van der Waals surface area (Å²) in [5.74, 6) is -0.740. The molecule has 5 nitrogen and oxygen atoms in total. The first-order valence-electron chi connectivity index (χ1n) is 6.85. The van der Waals surface area contributed by atoms with E-state index in [1.165, 1.54) is 0 Å². The lowest BCUT2D eigenvalue weighted by Gasteiger charge is -2.34. The predicted octanol–water partition coefficient (Wildman–Crippen LogP) is 0.693. The molecule has 2 atom stereocenters. The van der Waals surface area contributed by atoms with E-state index in [1.807, 2.05) is 0 Å². The minimum Gasteiger partial charge on any atom is -0.480 e. The number of carbonyl (C=O) groups is 1. The van der Waals surface area contributed by atoms with Crippen molar-refractivity contribution in [1.29, 1.82) is 0 Å². The van der Waals surface area contributed by atoms with Gasteiger partial charge in [-0.15, -0.1) is 0 Å². The normalized spacial score (nSPS) is 28.9. The number of ether oxygens (including phenoxy) is 1. The fourth-order valence-electron chi connectivity index (χ4n) is 2.39. The summed E-state index contributed by atoms with van der Waals surface area (Å²) in [5.41, 5.74) is -0.789. The average Bonchev–Trinajstić information content (AvgIpc) is 3.10. The largest absolute Gasteiger partial charge is 0.480 e. The third-order valence-corrected chi connectivity index (χ3v) is 3.83. The Balaban J connectivity index is 1.82. The number of hydrogen-bond acceptors (Lipinski definition) is 4. The minimum absolute atomic E-state index is 0.256. The first kappa shape index (κ1) is 13.8. The number of hydrogen-bond donors (Lipinski definition) is 2. The maximum absolute atomic E-state index is 11.4. The van der Waals surface area contributed by atoms with Gasteiger partial charge in [-0.1, -0.05) is 0 Å². The molecule has 1 aliphatic heterocycles. The number of nitrogens with one attached hydrogen (secondary N) is 1. The Kier molecular flexibility index (Phi) is 4.25. The fourth-order valence-corrected chi connectivity index (χ4v) is 2.39. The predicted molar refractivity (Wildman–Crippen MR) is 68.7 cm³/mol. The molecule has 1 saturated heterocycles. The quantitative estimate of drug-likeness (QED) is 0.732. The van der Waals surface area contributed by atoms with Gasteiger partial charge in [0.05, 0.1) is 12.7 Å². The van der Waals surface area contributed by atoms with Gasteiger partial charge in [0.25, 0.3) is 0 Å². The van der Waals surface area contributed by atoms with Crippen LogP contribution in [0.5, 0.6) is 0 Å². The lowest BCUT2D eigenvalue weighted by atomic mass is 9.97. The van der Waals surface area contributed by atoms with Gasteiger partial charge in [-0.25, -0.2) is 0 Å². The van der Waals surface area contributed by atoms with E-state index in [9.17, 15) is 9.90 Å². The molecule has 1 saturated carbocycles. The topological polar surface area (TPSA) is 61.8 Å². The molecule has 0 aromatic heterocycles. The maximum atomic E-state index is 11.4. The molecule has 18 heavy (non-hydrogen) atoms. The third kappa shape index (κ3) is 3.67. The zero-order valence-electron chi connectivity index (χ0n) is 11.3. The van der Waals surface area contributed by atoms with Gasteiger partial charge in [0, 0.05) is 25.7 Å². The second-order valence-electron chi connectivity index (χ2n) is 5.79. The van der Waals surface area contributed by atoms with Crippen LogP contribution >= 0.6 is 0 Å². The Hall–Kier alpha value is -0.650. The minimum atomic E-state index is -0.789. The first-order valence-corrected chi connectivity index (χ1v) is 6.85. The standard InChI is InChI=1S/C13H24N2O3/c1-10-9-15(7-8-18-10)6-5-13(2,12(16)17)14-11-3-4-11/h10-11,14H,3-9H2,1-2H3,(H,16,17). The molecule has 0 aromatic rings. The van der Waals surface area contributed by atoms with Crippen LogP contribution in [-0.2, 0) is 9.53 Å². The summed E-state index contributed by atoms with van der Waals surface area (Å²) in [4.78, 5) is 13.7. The molecule has 104 valence electrons. The number of nitrogens with zero attached hydrogens (tertiary/aromatic N) is 1. The number of carboxylic acid groups (broad SMARTS) is 1. The van der Waals surface area contributed by atoms with E-state index in [4.69, 9.17) is 4.74 Å². The summed E-state index contributed by atoms with van der Waals surface area (Å²) < 4.78 is 5.49. The summed E-state index contributed by atoms with van der Waals surface area (Å²) in [5, 5.41) is 12.6. The summed E-state index contributed by atoms with van der Waals surface area (Å²) in [6.07, 6.45) is 3.12. The molecule has 0 spiro atoms. The van der Waals surface area contributed by atoms with Crippen molar-refractivity contribution in [2.45, 2.75) is 50.8 Å². The van der Waals surface area contributed by atoms with Crippen molar-refractivity contribution in [2.24, 2.45) is 0 Å². The van der Waals surface area contributed by atoms with E-state index in [1.54, 1.807) is 6.92 Å². The molecule has 2 unspecified atom stereocenters. The number of carboxylic acids is 1. The van der Waals surface area contributed by atoms with Crippen molar-refractivity contribution in [3.05, 3.63) is 0 Å². The highest BCUT2D eigenvalue weighted by Crippen LogP contribution is 2.24. The van der Waals surface area contributed by atoms with Crippen LogP contribution in [-0.4, -0.2) is 59.9 Å². The molecule has 0 aromatic carbocycles. The van der Waals surface area contributed by atoms with Gasteiger partial charge in [0.15, 0.2) is 0 Å². The van der Waals surface area contributed by atoms with E-state index in [0.717, 1.165) is 39.1 Å². The van der Waals surface area contributed by atoms with Crippen LogP contribution in [0.15, 0.2) is 0 Å². The molecule has 5 heteroatoms. The van der Waals surface area contributed by atoms with E-state index in [-0.39, 0.29) is 6.10 Å². The zero-order valence-corrected chi connectivity index (χ0v) is 11.3. The second-order valence-corrected chi connectivity index (χ2v) is 5.79. The first-order chi connectivity index (χ1) is 8.49. The Labute approximate surface area is 108 Å². The number of rotatable bonds is 6. The molecular weight excluding hydrogens is 232 g/mol. The van der Waals surface area contributed by atoms with Crippen molar-refractivity contribution in [3.8, 4) is 0 Å². The smallest absolute Gasteiger partial charge is 0.323 e. The number of morpholine rings is 1. The lowest BCUT2D eigenvalue weighted by molar-refractivity contribution is -0.144. The van der Waals surface area contributed by atoms with E-state index < -0.39 is 11.5 Å². The van der Waals surface area contributed by atoms with Gasteiger partial charge in [-0.05, 0) is 33.1 Å². The van der Waals surface area contributed by atoms with Crippen LogP contribution in [0.4, 0.5) is 0 Å². The Morgan fingerprint density at radius 1 is 1.56 bits per heavy atom. The molecule has 0 amide bonds. The van der Waals surface area contributed by atoms with Crippen molar-refractivity contribution >= 4 is 5.97 Å². The molecule has 1 heterocycles. The van der Waals surface area contributed by atoms with E-state index in [2.05, 4.69) is 17.1 Å². The highest BCUT2D eigenvalue weighted by molar-refractivity contribution is 5.78. The Bertz CT molecular complexity index is 307. The molecule has 0 bridgehead atoms. The lowest BCUT2D eigenvalue weighted by Crippen LogP contribution is -2.53. The highest BCUT2D eigenvalue weighted by Gasteiger charge is 2.38. The summed E-state index contributed by atoms with van der Waals surface area (Å²) in [6.45, 7) is 7.24. The molecule has 2 fully saturated rings. The molecule has 1 aliphatic carbocycles. The van der Waals surface area contributed by atoms with E-state index >= 15 is 0 Å². The van der Waals surface area contributed by atoms with Crippen LogP contribution in [0.1, 0.15) is 33.1 Å². The Morgan fingerprint density at radius 3 is 2.83 bits per heavy atom. The Morgan fingerprint density at radius 2 is 2.28 bits per heavy atom. The molecule has 0 radical (unpaired) electrons. The summed E-state index contributed by atoms with van der Waals surface area (Å²) in [7, 11) is 0. The van der Waals surface area contributed by atoms with Gasteiger partial charge in [0.2, 0.25) is 0 Å². The maximum Gasteiger partial charge on any atom is 0.323 e. The van der Waals surface area contributed by atoms with Crippen molar-refractivity contribution < 1.29 is 14.6 Å². The van der Waals surface area contributed by atoms with E-state index in [0.29, 0.717) is 12.5 Å². The highest BCUT2D eigenvalue weighted by atomic mass is 16.5. The van der Waals surface area contributed by atoms with Gasteiger partial charge in [-0.2, -0.15) is 0 Å². The van der Waals surface area contributed by atoms with Gasteiger partial charge >= 0.3 is 5.97 Å². The van der Waals surface area contributed by atoms with Gasteiger partial charge < -0.3 is 9.84 Å². The molecular formula is C13H24N2O3. The van der Waals surface area contributed by atoms with Crippen LogP contribution in [0.25, 0.3) is 0 Å². The zero-order chi connectivity index (χ0) is 13.2. The van der Waals surface area contributed by atoms with Crippen LogP contribution < -0.4 is 5.32 Å².